The van der Waals surface area contributed by atoms with Gasteiger partial charge in [0.1, 0.15) is 7.05 Å². The summed E-state index contributed by atoms with van der Waals surface area (Å²) in [7, 11) is 1.91. The van der Waals surface area contributed by atoms with Gasteiger partial charge in [-0.25, -0.2) is 0 Å². The first-order chi connectivity index (χ1) is 7.15. The number of anilines is 1. The highest BCUT2D eigenvalue weighted by molar-refractivity contribution is 5.24. The van der Waals surface area contributed by atoms with Gasteiger partial charge in [0.15, 0.2) is 0 Å². The van der Waals surface area contributed by atoms with Crippen molar-refractivity contribution in [1.29, 1.82) is 0 Å². The van der Waals surface area contributed by atoms with Crippen molar-refractivity contribution in [3.8, 4) is 0 Å². The van der Waals surface area contributed by atoms with Gasteiger partial charge in [-0.2, -0.15) is 9.78 Å². The van der Waals surface area contributed by atoms with E-state index in [0.717, 1.165) is 12.2 Å². The first-order valence-electron chi connectivity index (χ1n) is 4.91. The fourth-order valence-corrected chi connectivity index (χ4v) is 1.64. The van der Waals surface area contributed by atoms with Crippen molar-refractivity contribution >= 4 is 5.95 Å². The number of H-pyrrole nitrogens is 1. The van der Waals surface area contributed by atoms with Crippen LogP contribution in [0.25, 0.3) is 0 Å². The Morgan fingerprint density at radius 2 is 2.19 bits per heavy atom. The molecule has 0 saturated heterocycles. The molecule has 0 bridgehead atoms. The molecule has 0 unspecified atom stereocenters. The van der Waals surface area contributed by atoms with Gasteiger partial charge in [0.2, 0.25) is 0 Å². The smallest absolute Gasteiger partial charge is 0.345 e. The average molecular weight is 239 g/mol. The largest absolute Gasteiger partial charge is 1.00 e. The van der Waals surface area contributed by atoms with Crippen LogP contribution in [-0.2, 0) is 13.5 Å². The van der Waals surface area contributed by atoms with Crippen LogP contribution in [0.3, 0.4) is 0 Å². The molecular formula is C11H15ClN4. The summed E-state index contributed by atoms with van der Waals surface area (Å²) in [6, 6.07) is 8.39. The second kappa shape index (κ2) is 4.99. The third kappa shape index (κ3) is 2.73. The molecule has 0 saturated carbocycles. The van der Waals surface area contributed by atoms with Crippen LogP contribution in [0.1, 0.15) is 17.0 Å². The summed E-state index contributed by atoms with van der Waals surface area (Å²) in [6.07, 6.45) is 0.797. The fourth-order valence-electron chi connectivity index (χ4n) is 1.64. The molecule has 0 spiro atoms. The van der Waals surface area contributed by atoms with Crippen LogP contribution >= 0.6 is 0 Å². The van der Waals surface area contributed by atoms with E-state index in [9.17, 15) is 0 Å². The van der Waals surface area contributed by atoms with Crippen LogP contribution in [0.5, 0.6) is 0 Å². The lowest BCUT2D eigenvalue weighted by Gasteiger charge is -1.97. The highest BCUT2D eigenvalue weighted by Crippen LogP contribution is 2.07. The molecule has 0 aliphatic rings. The first-order valence-corrected chi connectivity index (χ1v) is 4.91. The van der Waals surface area contributed by atoms with E-state index in [2.05, 4.69) is 41.3 Å². The van der Waals surface area contributed by atoms with Gasteiger partial charge in [-0.3, -0.25) is 0 Å². The fraction of sp³-hybridized carbons (Fsp3) is 0.273. The van der Waals surface area contributed by atoms with Crippen molar-refractivity contribution in [2.24, 2.45) is 7.05 Å². The lowest BCUT2D eigenvalue weighted by Crippen LogP contribution is -3.00. The molecule has 0 radical (unpaired) electrons. The van der Waals surface area contributed by atoms with Crippen molar-refractivity contribution in [1.82, 2.24) is 10.1 Å². The first kappa shape index (κ1) is 12.5. The predicted molar refractivity (Wildman–Crippen MR) is 58.2 cm³/mol. The van der Waals surface area contributed by atoms with E-state index in [1.165, 1.54) is 11.1 Å². The zero-order valence-corrected chi connectivity index (χ0v) is 10.1. The number of halogens is 1. The summed E-state index contributed by atoms with van der Waals surface area (Å²) in [4.78, 5) is 4.22. The van der Waals surface area contributed by atoms with E-state index in [4.69, 9.17) is 5.73 Å². The zero-order valence-electron chi connectivity index (χ0n) is 9.37. The summed E-state index contributed by atoms with van der Waals surface area (Å²) >= 11 is 0. The van der Waals surface area contributed by atoms with Crippen LogP contribution in [0, 0.1) is 6.92 Å². The molecule has 0 atom stereocenters. The van der Waals surface area contributed by atoms with Gasteiger partial charge in [0, 0.05) is 0 Å². The molecule has 1 aromatic heterocycles. The minimum Gasteiger partial charge on any atom is -1.00 e. The van der Waals surface area contributed by atoms with E-state index in [1.807, 2.05) is 11.7 Å². The molecule has 1 heterocycles. The maximum absolute atomic E-state index is 5.58. The molecule has 86 valence electrons. The Morgan fingerprint density at radius 3 is 2.75 bits per heavy atom. The lowest BCUT2D eigenvalue weighted by molar-refractivity contribution is -0.733. The molecule has 16 heavy (non-hydrogen) atoms. The average Bonchev–Trinajstić information content (AvgIpc) is 2.45. The molecule has 0 amide bonds. The number of nitrogens with one attached hydrogen (secondary N) is 1. The SMILES string of the molecule is Cc1cccc(Cc2nc(N)[nH][n+]2C)c1.[Cl-]. The summed E-state index contributed by atoms with van der Waals surface area (Å²) in [6.45, 7) is 2.09. The topological polar surface area (TPSA) is 58.6 Å². The highest BCUT2D eigenvalue weighted by atomic mass is 35.5. The number of nitrogens with two attached hydrogens (primary N) is 1. The van der Waals surface area contributed by atoms with E-state index in [-0.39, 0.29) is 12.4 Å². The molecule has 2 rings (SSSR count). The number of benzene rings is 1. The number of nitrogen functional groups attached to an aromatic ring is 1. The number of hydrogen-bond donors (Lipinski definition) is 2. The molecular weight excluding hydrogens is 224 g/mol. The van der Waals surface area contributed by atoms with Gasteiger partial charge < -0.3 is 18.1 Å². The summed E-state index contributed by atoms with van der Waals surface area (Å²) in [5.74, 6) is 1.40. The normalized spacial score (nSPS) is 9.88. The third-order valence-electron chi connectivity index (χ3n) is 2.36. The van der Waals surface area contributed by atoms with Crippen LogP contribution in [0.2, 0.25) is 0 Å². The Bertz CT molecular complexity index is 479. The summed E-state index contributed by atoms with van der Waals surface area (Å²) in [5, 5.41) is 2.93. The monoisotopic (exact) mass is 238 g/mol. The molecule has 5 heteroatoms. The van der Waals surface area contributed by atoms with Crippen molar-refractivity contribution in [2.75, 3.05) is 5.73 Å². The Morgan fingerprint density at radius 1 is 1.44 bits per heavy atom. The van der Waals surface area contributed by atoms with Crippen molar-refractivity contribution < 1.29 is 17.1 Å². The van der Waals surface area contributed by atoms with Crippen LogP contribution < -0.4 is 22.8 Å². The van der Waals surface area contributed by atoms with Crippen molar-refractivity contribution in [2.45, 2.75) is 13.3 Å². The Kier molecular flexibility index (Phi) is 3.90. The number of aromatic amines is 1. The number of nitrogens with zero attached hydrogens (tertiary/aromatic N) is 2. The van der Waals surface area contributed by atoms with Crippen molar-refractivity contribution in [3.05, 3.63) is 41.2 Å². The molecule has 1 aromatic carbocycles. The van der Waals surface area contributed by atoms with Gasteiger partial charge in [-0.05, 0) is 17.5 Å². The molecule has 0 aliphatic carbocycles. The maximum Gasteiger partial charge on any atom is 0.345 e. The summed E-state index contributed by atoms with van der Waals surface area (Å²) < 4.78 is 1.84. The highest BCUT2D eigenvalue weighted by Gasteiger charge is 2.14. The number of rotatable bonds is 2. The minimum absolute atomic E-state index is 0. The van der Waals surface area contributed by atoms with Gasteiger partial charge >= 0.3 is 11.8 Å². The number of aryl methyl sites for hydroxylation is 2. The van der Waals surface area contributed by atoms with Crippen LogP contribution in [0.15, 0.2) is 24.3 Å². The van der Waals surface area contributed by atoms with Crippen molar-refractivity contribution in [3.63, 3.8) is 0 Å². The van der Waals surface area contributed by atoms with E-state index in [0.29, 0.717) is 5.95 Å². The molecule has 0 fully saturated rings. The second-order valence-corrected chi connectivity index (χ2v) is 3.75. The summed E-state index contributed by atoms with van der Waals surface area (Å²) in [5.41, 5.74) is 8.09. The zero-order chi connectivity index (χ0) is 10.8. The minimum atomic E-state index is 0. The molecule has 2 aromatic rings. The molecule has 3 N–H and O–H groups in total. The van der Waals surface area contributed by atoms with E-state index in [1.54, 1.807) is 0 Å². The third-order valence-corrected chi connectivity index (χ3v) is 2.36. The Hall–Kier alpha value is -1.55. The lowest BCUT2D eigenvalue weighted by atomic mass is 10.1. The van der Waals surface area contributed by atoms with E-state index < -0.39 is 0 Å². The van der Waals surface area contributed by atoms with Gasteiger partial charge in [-0.15, -0.1) is 0 Å². The number of hydrogen-bond acceptors (Lipinski definition) is 2. The standard InChI is InChI=1S/C11H14N4.ClH/c1-8-4-3-5-9(6-8)7-10-13-11(12)14-15(10)2;/h3-6H,7H2,1-2H3,(H2,12,14);1H. The predicted octanol–water partition coefficient (Wildman–Crippen LogP) is -2.28. The van der Waals surface area contributed by atoms with Gasteiger partial charge in [0.25, 0.3) is 0 Å². The van der Waals surface area contributed by atoms with Crippen LogP contribution in [-0.4, -0.2) is 10.1 Å². The quantitative estimate of drug-likeness (QED) is 0.580. The van der Waals surface area contributed by atoms with Gasteiger partial charge in [-0.1, -0.05) is 29.8 Å². The second-order valence-electron chi connectivity index (χ2n) is 3.75. The molecule has 4 nitrogen and oxygen atoms in total. The van der Waals surface area contributed by atoms with E-state index >= 15 is 0 Å². The van der Waals surface area contributed by atoms with Gasteiger partial charge in [0.05, 0.1) is 6.42 Å². The Balaban J connectivity index is 0.00000128. The molecule has 0 aliphatic heterocycles. The van der Waals surface area contributed by atoms with Crippen LogP contribution in [0.4, 0.5) is 5.95 Å². The maximum atomic E-state index is 5.58. The number of aromatic nitrogens is 3. The Labute approximate surface area is 101 Å².